The van der Waals surface area contributed by atoms with Crippen molar-refractivity contribution < 1.29 is 4.79 Å². The monoisotopic (exact) mass is 436 g/mol. The maximum absolute atomic E-state index is 12.6. The summed E-state index contributed by atoms with van der Waals surface area (Å²) in [5.41, 5.74) is 5.15. The zero-order chi connectivity index (χ0) is 23.2. The Kier molecular flexibility index (Phi) is 4.98. The van der Waals surface area contributed by atoms with Gasteiger partial charge in [-0.2, -0.15) is 15.6 Å². The van der Waals surface area contributed by atoms with Crippen molar-refractivity contribution >= 4 is 5.91 Å². The van der Waals surface area contributed by atoms with Crippen molar-refractivity contribution in [1.82, 2.24) is 19.7 Å². The number of hydrogen-bond acceptors (Lipinski definition) is 5. The van der Waals surface area contributed by atoms with Crippen molar-refractivity contribution in [2.24, 2.45) is 5.41 Å². The highest BCUT2D eigenvalue weighted by molar-refractivity contribution is 5.99. The molecule has 0 bridgehead atoms. The lowest BCUT2D eigenvalue weighted by molar-refractivity contribution is 0.0816. The Balaban J connectivity index is 1.62. The Morgan fingerprint density at radius 2 is 1.85 bits per heavy atom. The topological polar surface area (TPSA) is 98.6 Å². The van der Waals surface area contributed by atoms with Gasteiger partial charge in [-0.25, -0.2) is 4.98 Å². The molecule has 1 aromatic carbocycles. The maximum Gasteiger partial charge on any atom is 0.254 e. The van der Waals surface area contributed by atoms with Crippen LogP contribution in [-0.2, 0) is 13.1 Å². The fourth-order valence-corrected chi connectivity index (χ4v) is 5.11. The zero-order valence-electron chi connectivity index (χ0n) is 18.8. The SMILES string of the molecule is CN1Cc2ccc(-c3nc(C#N)ccc3-c3cn(CC4(C)CCCC4)nc3C#N)cc2C1=O. The minimum Gasteiger partial charge on any atom is -0.337 e. The van der Waals surface area contributed by atoms with E-state index in [1.165, 1.54) is 12.8 Å². The van der Waals surface area contributed by atoms with E-state index >= 15 is 0 Å². The lowest BCUT2D eigenvalue weighted by Gasteiger charge is -2.22. The summed E-state index contributed by atoms with van der Waals surface area (Å²) in [6.45, 7) is 3.62. The molecule has 33 heavy (non-hydrogen) atoms. The summed E-state index contributed by atoms with van der Waals surface area (Å²) >= 11 is 0. The fourth-order valence-electron chi connectivity index (χ4n) is 5.11. The van der Waals surface area contributed by atoms with Crippen molar-refractivity contribution in [2.75, 3.05) is 7.05 Å². The largest absolute Gasteiger partial charge is 0.337 e. The van der Waals surface area contributed by atoms with E-state index in [1.807, 2.05) is 35.1 Å². The Morgan fingerprint density at radius 1 is 1.06 bits per heavy atom. The molecule has 1 fully saturated rings. The van der Waals surface area contributed by atoms with Gasteiger partial charge >= 0.3 is 0 Å². The first-order chi connectivity index (χ1) is 15.9. The van der Waals surface area contributed by atoms with E-state index in [0.29, 0.717) is 29.1 Å². The van der Waals surface area contributed by atoms with Gasteiger partial charge in [-0.15, -0.1) is 0 Å². The van der Waals surface area contributed by atoms with Crippen molar-refractivity contribution in [3.8, 4) is 34.5 Å². The summed E-state index contributed by atoms with van der Waals surface area (Å²) in [6.07, 6.45) is 6.69. The number of nitriles is 2. The molecule has 0 N–H and O–H groups in total. The molecule has 2 aliphatic rings. The van der Waals surface area contributed by atoms with Crippen LogP contribution in [0.3, 0.4) is 0 Å². The van der Waals surface area contributed by atoms with Crippen molar-refractivity contribution in [2.45, 2.75) is 45.7 Å². The first-order valence-electron chi connectivity index (χ1n) is 11.2. The molecule has 164 valence electrons. The van der Waals surface area contributed by atoms with E-state index in [9.17, 15) is 15.3 Å². The van der Waals surface area contributed by atoms with Crippen LogP contribution in [0, 0.1) is 28.1 Å². The molecule has 7 nitrogen and oxygen atoms in total. The third kappa shape index (κ3) is 3.66. The Bertz CT molecular complexity index is 1350. The Hall–Kier alpha value is -3.97. The highest BCUT2D eigenvalue weighted by Gasteiger charge is 2.30. The number of benzene rings is 1. The number of aromatic nitrogens is 3. The van der Waals surface area contributed by atoms with Crippen molar-refractivity contribution in [3.63, 3.8) is 0 Å². The van der Waals surface area contributed by atoms with Gasteiger partial charge in [0.25, 0.3) is 5.91 Å². The molecule has 1 amide bonds. The van der Waals surface area contributed by atoms with Crippen LogP contribution >= 0.6 is 0 Å². The summed E-state index contributed by atoms with van der Waals surface area (Å²) < 4.78 is 1.88. The molecule has 0 saturated heterocycles. The molecule has 0 atom stereocenters. The maximum atomic E-state index is 12.6. The number of amides is 1. The van der Waals surface area contributed by atoms with E-state index < -0.39 is 0 Å². The normalized spacial score (nSPS) is 16.5. The van der Waals surface area contributed by atoms with Crippen LogP contribution in [0.2, 0.25) is 0 Å². The molecule has 2 aromatic heterocycles. The summed E-state index contributed by atoms with van der Waals surface area (Å²) in [7, 11) is 1.78. The van der Waals surface area contributed by atoms with Crippen LogP contribution in [-0.4, -0.2) is 32.6 Å². The predicted octanol–water partition coefficient (Wildman–Crippen LogP) is 4.52. The molecule has 1 saturated carbocycles. The van der Waals surface area contributed by atoms with E-state index in [1.54, 1.807) is 18.0 Å². The minimum atomic E-state index is -0.0276. The smallest absolute Gasteiger partial charge is 0.254 e. The van der Waals surface area contributed by atoms with Gasteiger partial charge in [-0.05, 0) is 42.0 Å². The van der Waals surface area contributed by atoms with E-state index in [2.05, 4.69) is 29.1 Å². The molecule has 3 heterocycles. The second kappa shape index (κ2) is 7.86. The third-order valence-corrected chi connectivity index (χ3v) is 6.89. The van der Waals surface area contributed by atoms with Gasteiger partial charge in [0, 0.05) is 48.6 Å². The second-order valence-electron chi connectivity index (χ2n) is 9.46. The minimum absolute atomic E-state index is 0.0276. The highest BCUT2D eigenvalue weighted by atomic mass is 16.2. The molecule has 5 rings (SSSR count). The Labute approximate surface area is 192 Å². The van der Waals surface area contributed by atoms with Crippen LogP contribution in [0.4, 0.5) is 0 Å². The van der Waals surface area contributed by atoms with E-state index in [0.717, 1.165) is 36.1 Å². The molecule has 7 heteroatoms. The number of pyridine rings is 1. The number of rotatable bonds is 4. The van der Waals surface area contributed by atoms with Gasteiger partial charge in [-0.1, -0.05) is 31.9 Å². The third-order valence-electron chi connectivity index (χ3n) is 6.89. The fraction of sp³-hybridized carbons (Fsp3) is 0.346. The molecule has 1 aliphatic carbocycles. The molecule has 3 aromatic rings. The first kappa shape index (κ1) is 20.9. The number of hydrogen-bond donors (Lipinski definition) is 0. The van der Waals surface area contributed by atoms with E-state index in [4.69, 9.17) is 0 Å². The van der Waals surface area contributed by atoms with Crippen LogP contribution < -0.4 is 0 Å². The summed E-state index contributed by atoms with van der Waals surface area (Å²) in [5.74, 6) is -0.0276. The van der Waals surface area contributed by atoms with Gasteiger partial charge in [-0.3, -0.25) is 9.48 Å². The highest BCUT2D eigenvalue weighted by Crippen LogP contribution is 2.40. The van der Waals surface area contributed by atoms with Crippen molar-refractivity contribution in [3.05, 3.63) is 59.0 Å². The first-order valence-corrected chi connectivity index (χ1v) is 11.2. The molecule has 0 radical (unpaired) electrons. The molecule has 0 spiro atoms. The average Bonchev–Trinajstić information content (AvgIpc) is 3.51. The molecule has 0 unspecified atom stereocenters. The zero-order valence-corrected chi connectivity index (χ0v) is 18.8. The Morgan fingerprint density at radius 3 is 2.58 bits per heavy atom. The number of fused-ring (bicyclic) bond motifs is 1. The van der Waals surface area contributed by atoms with Crippen molar-refractivity contribution in [1.29, 1.82) is 10.5 Å². The van der Waals surface area contributed by atoms with Crippen LogP contribution in [0.15, 0.2) is 36.5 Å². The van der Waals surface area contributed by atoms with Crippen LogP contribution in [0.5, 0.6) is 0 Å². The van der Waals surface area contributed by atoms with E-state index in [-0.39, 0.29) is 17.0 Å². The number of carbonyl (C=O) groups excluding carboxylic acids is 1. The van der Waals surface area contributed by atoms with Gasteiger partial charge in [0.1, 0.15) is 17.8 Å². The second-order valence-corrected chi connectivity index (χ2v) is 9.46. The summed E-state index contributed by atoms with van der Waals surface area (Å²) in [5, 5.41) is 23.8. The van der Waals surface area contributed by atoms with Gasteiger partial charge in [0.15, 0.2) is 5.69 Å². The molecular weight excluding hydrogens is 412 g/mol. The van der Waals surface area contributed by atoms with Gasteiger partial charge in [0.05, 0.1) is 5.69 Å². The lowest BCUT2D eigenvalue weighted by atomic mass is 9.89. The molecule has 1 aliphatic heterocycles. The predicted molar refractivity (Wildman–Crippen MR) is 123 cm³/mol. The molecular formula is C26H24N6O. The lowest BCUT2D eigenvalue weighted by Crippen LogP contribution is -2.19. The van der Waals surface area contributed by atoms with Crippen LogP contribution in [0.25, 0.3) is 22.4 Å². The van der Waals surface area contributed by atoms with Gasteiger partial charge < -0.3 is 4.90 Å². The number of carbonyl (C=O) groups is 1. The summed E-state index contributed by atoms with van der Waals surface area (Å²) in [4.78, 5) is 18.8. The van der Waals surface area contributed by atoms with Crippen LogP contribution in [0.1, 0.15) is 59.9 Å². The number of nitrogens with zero attached hydrogens (tertiary/aromatic N) is 6. The quantitative estimate of drug-likeness (QED) is 0.599. The standard InChI is InChI=1S/C26H24N6O/c1-26(9-3-4-10-26)16-32-15-22(23(13-28)30-32)20-8-7-19(12-27)29-24(20)17-5-6-18-14-31(2)25(33)21(18)11-17/h5-8,11,15H,3-4,9-10,14,16H2,1-2H3. The van der Waals surface area contributed by atoms with Gasteiger partial charge in [0.2, 0.25) is 0 Å². The average molecular weight is 437 g/mol. The summed E-state index contributed by atoms with van der Waals surface area (Å²) in [6, 6.07) is 13.5.